The highest BCUT2D eigenvalue weighted by Crippen LogP contribution is 2.14. The summed E-state index contributed by atoms with van der Waals surface area (Å²) in [4.78, 5) is 41.5. The summed E-state index contributed by atoms with van der Waals surface area (Å²) in [7, 11) is 1.32. The van der Waals surface area contributed by atoms with Gasteiger partial charge in [0.25, 0.3) is 5.88 Å². The summed E-state index contributed by atoms with van der Waals surface area (Å²) in [5.74, 6) is -0.186. The largest absolute Gasteiger partial charge is 0.476 e. The molecule has 9 heteroatoms. The van der Waals surface area contributed by atoms with Gasteiger partial charge in [-0.3, -0.25) is 14.6 Å². The monoisotopic (exact) mass is 409 g/mol. The highest BCUT2D eigenvalue weighted by atomic mass is 16.5. The number of amides is 1. The first-order valence-corrected chi connectivity index (χ1v) is 9.41. The lowest BCUT2D eigenvalue weighted by Crippen LogP contribution is -2.41. The Morgan fingerprint density at radius 1 is 1.20 bits per heavy atom. The number of carbonyl (C=O) groups is 1. The minimum absolute atomic E-state index is 0.0211. The third-order valence-electron chi connectivity index (χ3n) is 4.42. The summed E-state index contributed by atoms with van der Waals surface area (Å²) in [5.41, 5.74) is 1.24. The molecule has 2 heterocycles. The summed E-state index contributed by atoms with van der Waals surface area (Å²) in [5, 5.41) is 6.69. The molecule has 0 unspecified atom stereocenters. The number of aromatic nitrogens is 4. The first-order valence-electron chi connectivity index (χ1n) is 9.41. The van der Waals surface area contributed by atoms with E-state index in [1.54, 1.807) is 30.5 Å². The van der Waals surface area contributed by atoms with E-state index >= 15 is 0 Å². The molecule has 1 amide bonds. The first kappa shape index (κ1) is 21.0. The van der Waals surface area contributed by atoms with E-state index in [1.165, 1.54) is 14.0 Å². The van der Waals surface area contributed by atoms with E-state index < -0.39 is 11.2 Å². The standard InChI is InChI=1S/C21H23N5O4/c1-13(2)18-9-8-15(11-22-18)12-25-20(28)19(30-4)24-26(21(25)29)17-7-5-6-16(10-17)23-14(3)27/h5-11,13H,12H2,1-4H3,(H,23,27). The number of nitrogens with zero attached hydrogens (tertiary/aromatic N) is 4. The summed E-state index contributed by atoms with van der Waals surface area (Å²) < 4.78 is 7.21. The van der Waals surface area contributed by atoms with Gasteiger partial charge in [0, 0.05) is 24.5 Å². The van der Waals surface area contributed by atoms with E-state index in [0.29, 0.717) is 16.9 Å². The van der Waals surface area contributed by atoms with Gasteiger partial charge in [0.1, 0.15) is 0 Å². The second kappa shape index (κ2) is 8.73. The van der Waals surface area contributed by atoms with Crippen molar-refractivity contribution < 1.29 is 9.53 Å². The maximum Gasteiger partial charge on any atom is 0.352 e. The molecule has 3 rings (SSSR count). The molecule has 0 bridgehead atoms. The van der Waals surface area contributed by atoms with Gasteiger partial charge in [-0.25, -0.2) is 9.36 Å². The molecule has 30 heavy (non-hydrogen) atoms. The second-order valence-electron chi connectivity index (χ2n) is 7.07. The molecule has 0 aliphatic heterocycles. The zero-order valence-electron chi connectivity index (χ0n) is 17.2. The second-order valence-corrected chi connectivity index (χ2v) is 7.07. The third-order valence-corrected chi connectivity index (χ3v) is 4.42. The van der Waals surface area contributed by atoms with E-state index in [0.717, 1.165) is 14.9 Å². The molecule has 1 aromatic carbocycles. The first-order chi connectivity index (χ1) is 14.3. The van der Waals surface area contributed by atoms with Gasteiger partial charge in [-0.05, 0) is 35.7 Å². The van der Waals surface area contributed by atoms with Crippen LogP contribution in [0.4, 0.5) is 5.69 Å². The van der Waals surface area contributed by atoms with Crippen LogP contribution in [0.5, 0.6) is 5.88 Å². The number of anilines is 1. The highest BCUT2D eigenvalue weighted by molar-refractivity contribution is 5.88. The molecule has 0 aliphatic rings. The van der Waals surface area contributed by atoms with Crippen LogP contribution >= 0.6 is 0 Å². The van der Waals surface area contributed by atoms with Crippen LogP contribution in [0.1, 0.15) is 37.9 Å². The van der Waals surface area contributed by atoms with Gasteiger partial charge in [0.15, 0.2) is 0 Å². The molecular formula is C21H23N5O4. The third kappa shape index (κ3) is 4.45. The van der Waals surface area contributed by atoms with Gasteiger partial charge in [-0.2, -0.15) is 4.68 Å². The van der Waals surface area contributed by atoms with Gasteiger partial charge in [-0.15, -0.1) is 5.10 Å². The van der Waals surface area contributed by atoms with Crippen molar-refractivity contribution >= 4 is 11.6 Å². The average molecular weight is 409 g/mol. The Balaban J connectivity index is 2.08. The van der Waals surface area contributed by atoms with Crippen LogP contribution in [-0.4, -0.2) is 32.3 Å². The Morgan fingerprint density at radius 3 is 2.57 bits per heavy atom. The van der Waals surface area contributed by atoms with Crippen molar-refractivity contribution in [2.75, 3.05) is 12.4 Å². The lowest BCUT2D eigenvalue weighted by molar-refractivity contribution is -0.114. The Labute approximate surface area is 173 Å². The van der Waals surface area contributed by atoms with Crippen molar-refractivity contribution in [3.8, 4) is 11.6 Å². The van der Waals surface area contributed by atoms with Crippen LogP contribution in [0.15, 0.2) is 52.2 Å². The molecule has 3 aromatic rings. The Bertz CT molecular complexity index is 1180. The fourth-order valence-corrected chi connectivity index (χ4v) is 2.90. The molecule has 156 valence electrons. The Kier molecular flexibility index (Phi) is 6.10. The number of methoxy groups -OCH3 is 1. The molecule has 0 radical (unpaired) electrons. The lowest BCUT2D eigenvalue weighted by atomic mass is 10.1. The van der Waals surface area contributed by atoms with Gasteiger partial charge in [0.05, 0.1) is 19.3 Å². The number of ether oxygens (including phenoxy) is 1. The molecule has 0 saturated carbocycles. The molecular weight excluding hydrogens is 386 g/mol. The fourth-order valence-electron chi connectivity index (χ4n) is 2.90. The number of benzene rings is 1. The van der Waals surface area contributed by atoms with Gasteiger partial charge in [0.2, 0.25) is 5.91 Å². The van der Waals surface area contributed by atoms with Gasteiger partial charge in [-0.1, -0.05) is 26.0 Å². The van der Waals surface area contributed by atoms with Crippen LogP contribution in [-0.2, 0) is 11.3 Å². The number of pyridine rings is 1. The minimum Gasteiger partial charge on any atom is -0.476 e. The molecule has 0 atom stereocenters. The summed E-state index contributed by atoms with van der Waals surface area (Å²) >= 11 is 0. The topological polar surface area (TPSA) is 108 Å². The van der Waals surface area contributed by atoms with Crippen LogP contribution in [0.2, 0.25) is 0 Å². The molecule has 2 aromatic heterocycles. The normalized spacial score (nSPS) is 10.8. The summed E-state index contributed by atoms with van der Waals surface area (Å²) in [6.45, 7) is 5.48. The van der Waals surface area contributed by atoms with E-state index in [2.05, 4.69) is 15.4 Å². The number of nitrogens with one attached hydrogen (secondary N) is 1. The minimum atomic E-state index is -0.635. The summed E-state index contributed by atoms with van der Waals surface area (Å²) in [6.07, 6.45) is 1.65. The summed E-state index contributed by atoms with van der Waals surface area (Å²) in [6, 6.07) is 10.3. The predicted molar refractivity (Wildman–Crippen MR) is 112 cm³/mol. The van der Waals surface area contributed by atoms with E-state index in [1.807, 2.05) is 26.0 Å². The maximum absolute atomic E-state index is 13.1. The number of rotatable bonds is 6. The van der Waals surface area contributed by atoms with E-state index in [9.17, 15) is 14.4 Å². The molecule has 1 N–H and O–H groups in total. The van der Waals surface area contributed by atoms with E-state index in [4.69, 9.17) is 4.74 Å². The lowest BCUT2D eigenvalue weighted by Gasteiger charge is -2.12. The average Bonchev–Trinajstić information content (AvgIpc) is 2.71. The predicted octanol–water partition coefficient (Wildman–Crippen LogP) is 1.93. The van der Waals surface area contributed by atoms with Crippen molar-refractivity contribution in [3.63, 3.8) is 0 Å². The van der Waals surface area contributed by atoms with Crippen molar-refractivity contribution in [3.05, 3.63) is 74.7 Å². The SMILES string of the molecule is COc1nn(-c2cccc(NC(C)=O)c2)c(=O)n(Cc2ccc(C(C)C)nc2)c1=O. The number of hydrogen-bond acceptors (Lipinski definition) is 6. The molecule has 0 spiro atoms. The number of hydrogen-bond donors (Lipinski definition) is 1. The molecule has 0 fully saturated rings. The maximum atomic E-state index is 13.1. The van der Waals surface area contributed by atoms with Crippen LogP contribution in [0.3, 0.4) is 0 Å². The Hall–Kier alpha value is -3.75. The molecule has 9 nitrogen and oxygen atoms in total. The number of carbonyl (C=O) groups excluding carboxylic acids is 1. The van der Waals surface area contributed by atoms with Crippen LogP contribution < -0.4 is 21.3 Å². The fraction of sp³-hybridized carbons (Fsp3) is 0.286. The van der Waals surface area contributed by atoms with Crippen molar-refractivity contribution in [2.24, 2.45) is 0 Å². The van der Waals surface area contributed by atoms with Gasteiger partial charge < -0.3 is 10.1 Å². The smallest absolute Gasteiger partial charge is 0.352 e. The van der Waals surface area contributed by atoms with Gasteiger partial charge >= 0.3 is 11.2 Å². The highest BCUT2D eigenvalue weighted by Gasteiger charge is 2.16. The van der Waals surface area contributed by atoms with Crippen molar-refractivity contribution in [1.29, 1.82) is 0 Å². The van der Waals surface area contributed by atoms with Crippen LogP contribution in [0.25, 0.3) is 5.69 Å². The Morgan fingerprint density at radius 2 is 1.97 bits per heavy atom. The van der Waals surface area contributed by atoms with Crippen LogP contribution in [0, 0.1) is 0 Å². The zero-order chi connectivity index (χ0) is 21.8. The van der Waals surface area contributed by atoms with Crippen molar-refractivity contribution in [2.45, 2.75) is 33.2 Å². The zero-order valence-corrected chi connectivity index (χ0v) is 17.2. The van der Waals surface area contributed by atoms with E-state index in [-0.39, 0.29) is 24.2 Å². The quantitative estimate of drug-likeness (QED) is 0.666. The molecule has 0 aliphatic carbocycles. The van der Waals surface area contributed by atoms with Crippen molar-refractivity contribution in [1.82, 2.24) is 19.3 Å². The molecule has 0 saturated heterocycles.